The first-order chi connectivity index (χ1) is 33.6. The fourth-order valence-electron chi connectivity index (χ4n) is 11.0. The van der Waals surface area contributed by atoms with Gasteiger partial charge in [0.25, 0.3) is 0 Å². The topological polar surface area (TPSA) is 14.7 Å². The summed E-state index contributed by atoms with van der Waals surface area (Å²) in [6.45, 7) is 18.7. The molecule has 1 radical (unpaired) electrons. The monoisotopic (exact) mass is 897 g/mol. The van der Waals surface area contributed by atoms with Gasteiger partial charge in [0.2, 0.25) is 0 Å². The molecule has 341 valence electrons. The van der Waals surface area contributed by atoms with E-state index in [1.807, 2.05) is 0 Å². The Hall–Kier alpha value is -7.56. The van der Waals surface area contributed by atoms with Crippen molar-refractivity contribution in [1.82, 2.24) is 4.57 Å². The molecule has 9 aromatic carbocycles. The molecule has 10 aromatic rings. The van der Waals surface area contributed by atoms with Crippen LogP contribution in [0.15, 0.2) is 200 Å². The molecule has 4 nitrogen and oxygen atoms in total. The van der Waals surface area contributed by atoms with Gasteiger partial charge >= 0.3 is 0 Å². The van der Waals surface area contributed by atoms with Gasteiger partial charge in [-0.2, -0.15) is 0 Å². The highest BCUT2D eigenvalue weighted by atomic mass is 15.4. The van der Waals surface area contributed by atoms with Crippen LogP contribution in [0.25, 0.3) is 38.3 Å². The van der Waals surface area contributed by atoms with Gasteiger partial charge < -0.3 is 19.3 Å². The summed E-state index contributed by atoms with van der Waals surface area (Å²) in [5.74, 6) is 1.24. The largest absolute Gasteiger partial charge is 0.310 e. The molecule has 0 N–H and O–H groups in total. The predicted molar refractivity (Wildman–Crippen MR) is 295 cm³/mol. The van der Waals surface area contributed by atoms with Gasteiger partial charge in [0.15, 0.2) is 6.17 Å². The number of fused-ring (bicyclic) bond motifs is 5. The van der Waals surface area contributed by atoms with Crippen molar-refractivity contribution in [2.75, 3.05) is 14.7 Å². The van der Waals surface area contributed by atoms with Crippen LogP contribution in [0.3, 0.4) is 0 Å². The van der Waals surface area contributed by atoms with E-state index in [1.165, 1.54) is 77.6 Å². The minimum Gasteiger partial charge on any atom is -0.310 e. The van der Waals surface area contributed by atoms with Crippen molar-refractivity contribution in [3.63, 3.8) is 0 Å². The van der Waals surface area contributed by atoms with Crippen LogP contribution in [0.5, 0.6) is 0 Å². The van der Waals surface area contributed by atoms with E-state index in [4.69, 9.17) is 0 Å². The zero-order valence-corrected chi connectivity index (χ0v) is 41.2. The Kier molecular flexibility index (Phi) is 11.4. The average molecular weight is 898 g/mol. The number of hydrogen-bond acceptors (Lipinski definition) is 3. The summed E-state index contributed by atoms with van der Waals surface area (Å²) in [7, 11) is 0. The summed E-state index contributed by atoms with van der Waals surface area (Å²) >= 11 is 0. The van der Waals surface area contributed by atoms with Crippen molar-refractivity contribution < 1.29 is 0 Å². The maximum absolute atomic E-state index is 2.61. The van der Waals surface area contributed by atoms with Gasteiger partial charge in [-0.25, -0.2) is 0 Å². The first kappa shape index (κ1) is 44.0. The van der Waals surface area contributed by atoms with E-state index in [9.17, 15) is 0 Å². The van der Waals surface area contributed by atoms with Crippen LogP contribution in [0.4, 0.5) is 39.8 Å². The normalized spacial score (nSPS) is 13.0. The summed E-state index contributed by atoms with van der Waals surface area (Å²) in [6, 6.07) is 74.3. The molecule has 1 aliphatic heterocycles. The fourth-order valence-corrected chi connectivity index (χ4v) is 11.0. The van der Waals surface area contributed by atoms with Crippen LogP contribution in [-0.2, 0) is 0 Å². The van der Waals surface area contributed by atoms with E-state index in [1.54, 1.807) is 0 Å². The molecule has 0 amide bonds. The molecule has 0 saturated carbocycles. The lowest BCUT2D eigenvalue weighted by atomic mass is 9.90. The summed E-state index contributed by atoms with van der Waals surface area (Å²) < 4.78 is 2.39. The number of benzene rings is 9. The number of aromatic nitrogens is 1. The lowest BCUT2D eigenvalue weighted by Crippen LogP contribution is -2.33. The number of anilines is 7. The molecule has 2 heterocycles. The molecular formula is C65H61N4. The highest BCUT2D eigenvalue weighted by molar-refractivity contribution is 6.11. The van der Waals surface area contributed by atoms with Crippen molar-refractivity contribution >= 4 is 72.4 Å². The summed E-state index contributed by atoms with van der Waals surface area (Å²) in [5.41, 5.74) is 18.3. The third kappa shape index (κ3) is 7.45. The van der Waals surface area contributed by atoms with Gasteiger partial charge in [0.1, 0.15) is 0 Å². The molecule has 0 saturated heterocycles. The standard InChI is InChI=1S/C65H61N4/c1-42(2)51-27-19-28-52(43(3)4)63(51)68-61-32-16-17-33-62(61)69(64-53(44(5)6)29-20-30-54(64)45(7)8)65(68)47-35-37-49(38-36-47)66(58-34-18-22-46-21-12-13-25-55(46)58)50-39-40-60-57(41-50)56-26-14-15-31-59(56)67(60)48-23-10-9-11-24-48/h9-45H,1-8H3. The van der Waals surface area contributed by atoms with Crippen LogP contribution in [-0.4, -0.2) is 4.57 Å². The van der Waals surface area contributed by atoms with Crippen LogP contribution in [0.2, 0.25) is 0 Å². The van der Waals surface area contributed by atoms with Crippen molar-refractivity contribution in [2.45, 2.75) is 79.1 Å². The maximum Gasteiger partial charge on any atom is 0.196 e. The number of nitrogens with zero attached hydrogens (tertiary/aromatic N) is 4. The Morgan fingerprint density at radius 1 is 0.362 bits per heavy atom. The van der Waals surface area contributed by atoms with Gasteiger partial charge in [0.05, 0.1) is 39.5 Å². The lowest BCUT2D eigenvalue weighted by Gasteiger charge is -2.37. The molecule has 0 atom stereocenters. The highest BCUT2D eigenvalue weighted by Crippen LogP contribution is 2.58. The third-order valence-electron chi connectivity index (χ3n) is 14.2. The van der Waals surface area contributed by atoms with Gasteiger partial charge in [0, 0.05) is 38.8 Å². The Morgan fingerprint density at radius 3 is 1.41 bits per heavy atom. The van der Waals surface area contributed by atoms with Crippen LogP contribution in [0, 0.1) is 6.17 Å². The molecule has 0 fully saturated rings. The predicted octanol–water partition coefficient (Wildman–Crippen LogP) is 18.7. The fraction of sp³-hybridized carbons (Fsp3) is 0.185. The quantitative estimate of drug-likeness (QED) is 0.129. The van der Waals surface area contributed by atoms with Crippen molar-refractivity contribution in [1.29, 1.82) is 0 Å². The van der Waals surface area contributed by atoms with E-state index < -0.39 is 0 Å². The van der Waals surface area contributed by atoms with Gasteiger partial charge in [-0.3, -0.25) is 0 Å². The lowest BCUT2D eigenvalue weighted by molar-refractivity contribution is 0.807. The Balaban J connectivity index is 1.15. The van der Waals surface area contributed by atoms with Gasteiger partial charge in [-0.1, -0.05) is 189 Å². The van der Waals surface area contributed by atoms with E-state index in [0.717, 1.165) is 34.5 Å². The molecule has 4 heteroatoms. The first-order valence-corrected chi connectivity index (χ1v) is 24.9. The summed E-state index contributed by atoms with van der Waals surface area (Å²) in [6.07, 6.45) is 1.15. The second kappa shape index (κ2) is 17.8. The second-order valence-electron chi connectivity index (χ2n) is 19.9. The Bertz CT molecular complexity index is 3340. The molecule has 0 aliphatic carbocycles. The van der Waals surface area contributed by atoms with Crippen LogP contribution in [0.1, 0.15) is 107 Å². The molecule has 69 heavy (non-hydrogen) atoms. The maximum atomic E-state index is 2.61. The molecule has 1 aliphatic rings. The molecule has 1 aromatic heterocycles. The average Bonchev–Trinajstić information content (AvgIpc) is 3.89. The van der Waals surface area contributed by atoms with Crippen LogP contribution < -0.4 is 14.7 Å². The minimum atomic E-state index is 0.311. The zero-order chi connectivity index (χ0) is 47.5. The molecule has 0 bridgehead atoms. The third-order valence-corrected chi connectivity index (χ3v) is 14.2. The van der Waals surface area contributed by atoms with E-state index in [-0.39, 0.29) is 0 Å². The number of para-hydroxylation sites is 6. The minimum absolute atomic E-state index is 0.311. The van der Waals surface area contributed by atoms with Gasteiger partial charge in [-0.05, 0) is 118 Å². The van der Waals surface area contributed by atoms with E-state index in [0.29, 0.717) is 23.7 Å². The summed E-state index contributed by atoms with van der Waals surface area (Å²) in [4.78, 5) is 7.67. The first-order valence-electron chi connectivity index (χ1n) is 24.9. The second-order valence-corrected chi connectivity index (χ2v) is 19.9. The summed E-state index contributed by atoms with van der Waals surface area (Å²) in [5, 5.41) is 4.85. The zero-order valence-electron chi connectivity index (χ0n) is 41.2. The van der Waals surface area contributed by atoms with E-state index >= 15 is 0 Å². The molecule has 11 rings (SSSR count). The van der Waals surface area contributed by atoms with E-state index in [2.05, 4.69) is 275 Å². The number of rotatable bonds is 11. The molecule has 0 unspecified atom stereocenters. The Labute approximate surface area is 408 Å². The van der Waals surface area contributed by atoms with Crippen molar-refractivity contribution in [3.05, 3.63) is 234 Å². The SMILES string of the molecule is CC(C)c1cccc(C(C)C)c1N1[C](c2ccc(N(c3ccc4c(c3)c3ccccc3n4-c3ccccc3)c3cccc4ccccc34)cc2)N(c2c(C(C)C)cccc2C(C)C)c2ccccc21. The van der Waals surface area contributed by atoms with Crippen molar-refractivity contribution in [2.24, 2.45) is 0 Å². The van der Waals surface area contributed by atoms with Crippen LogP contribution >= 0.6 is 0 Å². The van der Waals surface area contributed by atoms with Crippen molar-refractivity contribution in [3.8, 4) is 5.69 Å². The van der Waals surface area contributed by atoms with Gasteiger partial charge in [-0.15, -0.1) is 0 Å². The molecular weight excluding hydrogens is 837 g/mol. The molecule has 0 spiro atoms. The Morgan fingerprint density at radius 2 is 0.826 bits per heavy atom. The number of hydrogen-bond donors (Lipinski definition) is 0. The smallest absolute Gasteiger partial charge is 0.196 e. The highest BCUT2D eigenvalue weighted by Gasteiger charge is 2.44.